The third kappa shape index (κ3) is 5.58. The molecule has 0 atom stereocenters. The Bertz CT molecular complexity index is 1720. The van der Waals surface area contributed by atoms with E-state index in [9.17, 15) is 9.59 Å². The first-order valence-corrected chi connectivity index (χ1v) is 13.2. The Morgan fingerprint density at radius 3 is 2.40 bits per heavy atom. The quantitative estimate of drug-likeness (QED) is 0.278. The molecule has 0 radical (unpaired) electrons. The Labute approximate surface area is 230 Å². The third-order valence-corrected chi connectivity index (χ3v) is 6.44. The Morgan fingerprint density at radius 2 is 1.75 bits per heavy atom. The molecule has 0 aliphatic heterocycles. The van der Waals surface area contributed by atoms with Crippen LogP contribution in [-0.4, -0.2) is 41.3 Å². The molecule has 5 aromatic rings. The van der Waals surface area contributed by atoms with Crippen LogP contribution in [0.3, 0.4) is 0 Å². The number of pyridine rings is 1. The smallest absolute Gasteiger partial charge is 0.439 e. The molecule has 0 bridgehead atoms. The van der Waals surface area contributed by atoms with Crippen LogP contribution in [0.2, 0.25) is 0 Å². The summed E-state index contributed by atoms with van der Waals surface area (Å²) >= 11 is 0. The molecular formula is C29H29N7O4. The molecule has 5 rings (SSSR count). The summed E-state index contributed by atoms with van der Waals surface area (Å²) in [6, 6.07) is 11.3. The van der Waals surface area contributed by atoms with E-state index in [0.717, 1.165) is 35.4 Å². The van der Waals surface area contributed by atoms with Gasteiger partial charge in [-0.05, 0) is 38.3 Å². The van der Waals surface area contributed by atoms with Crippen LogP contribution < -0.4 is 16.1 Å². The number of aromatic nitrogens is 7. The lowest BCUT2D eigenvalue weighted by Gasteiger charge is -2.14. The first-order chi connectivity index (χ1) is 19.5. The van der Waals surface area contributed by atoms with Crippen LogP contribution in [0.5, 0.6) is 5.75 Å². The number of hydrogen-bond acceptors (Lipinski definition) is 9. The SMILES string of the molecule is CCCCc1nc(C)n(-c2ncc(OCC)cn2)c(=O)c1Cc1ccc(-c2ccccc2-c2noc(=O)[nH]2)cn1. The molecule has 4 heterocycles. The van der Waals surface area contributed by atoms with Gasteiger partial charge in [0.15, 0.2) is 11.6 Å². The molecule has 0 aliphatic carbocycles. The van der Waals surface area contributed by atoms with E-state index in [1.54, 1.807) is 25.5 Å². The monoisotopic (exact) mass is 539 g/mol. The third-order valence-electron chi connectivity index (χ3n) is 6.44. The van der Waals surface area contributed by atoms with Crippen LogP contribution in [0.15, 0.2) is 69.1 Å². The molecule has 1 aromatic carbocycles. The molecule has 0 unspecified atom stereocenters. The fraction of sp³-hybridized carbons (Fsp3) is 0.276. The van der Waals surface area contributed by atoms with Crippen molar-refractivity contribution in [3.8, 4) is 34.2 Å². The molecule has 1 N–H and O–H groups in total. The second-order valence-corrected chi connectivity index (χ2v) is 9.18. The van der Waals surface area contributed by atoms with E-state index in [0.29, 0.717) is 48.0 Å². The van der Waals surface area contributed by atoms with Crippen molar-refractivity contribution < 1.29 is 9.26 Å². The van der Waals surface area contributed by atoms with Gasteiger partial charge in [0.25, 0.3) is 5.56 Å². The van der Waals surface area contributed by atoms with Crippen molar-refractivity contribution in [3.63, 3.8) is 0 Å². The van der Waals surface area contributed by atoms with Gasteiger partial charge in [-0.3, -0.25) is 19.3 Å². The zero-order chi connectivity index (χ0) is 28.1. The molecular weight excluding hydrogens is 510 g/mol. The van der Waals surface area contributed by atoms with Crippen molar-refractivity contribution in [3.05, 3.63) is 98.7 Å². The maximum absolute atomic E-state index is 13.8. The number of aromatic amines is 1. The molecule has 204 valence electrons. The largest absolute Gasteiger partial charge is 0.491 e. The average Bonchev–Trinajstić information content (AvgIpc) is 3.41. The van der Waals surface area contributed by atoms with E-state index in [2.05, 4.69) is 36.5 Å². The van der Waals surface area contributed by atoms with Crippen LogP contribution in [-0.2, 0) is 12.8 Å². The molecule has 0 spiro atoms. The van der Waals surface area contributed by atoms with Gasteiger partial charge in [0.2, 0.25) is 5.95 Å². The van der Waals surface area contributed by atoms with Gasteiger partial charge in [0.1, 0.15) is 5.82 Å². The van der Waals surface area contributed by atoms with Gasteiger partial charge < -0.3 is 4.74 Å². The number of H-pyrrole nitrogens is 1. The highest BCUT2D eigenvalue weighted by Gasteiger charge is 2.19. The van der Waals surface area contributed by atoms with E-state index in [1.165, 1.54) is 4.57 Å². The van der Waals surface area contributed by atoms with Gasteiger partial charge in [-0.1, -0.05) is 48.8 Å². The molecule has 11 heteroatoms. The number of nitrogens with zero attached hydrogens (tertiary/aromatic N) is 6. The summed E-state index contributed by atoms with van der Waals surface area (Å²) < 4.78 is 11.6. The summed E-state index contributed by atoms with van der Waals surface area (Å²) in [5.74, 6) is 1.02. The minimum Gasteiger partial charge on any atom is -0.491 e. The Balaban J connectivity index is 1.50. The van der Waals surface area contributed by atoms with E-state index < -0.39 is 5.76 Å². The molecule has 0 amide bonds. The maximum Gasteiger partial charge on any atom is 0.439 e. The van der Waals surface area contributed by atoms with E-state index in [1.807, 2.05) is 43.3 Å². The van der Waals surface area contributed by atoms with Crippen molar-refractivity contribution in [2.45, 2.75) is 46.5 Å². The Hall–Kier alpha value is -4.93. The van der Waals surface area contributed by atoms with Crippen molar-refractivity contribution in [2.75, 3.05) is 6.61 Å². The number of aryl methyl sites for hydroxylation is 2. The van der Waals surface area contributed by atoms with Crippen LogP contribution in [0.1, 0.15) is 49.5 Å². The summed E-state index contributed by atoms with van der Waals surface area (Å²) in [5.41, 5.74) is 4.21. The van der Waals surface area contributed by atoms with Crippen LogP contribution in [0, 0.1) is 6.92 Å². The summed E-state index contributed by atoms with van der Waals surface area (Å²) in [7, 11) is 0. The minimum atomic E-state index is -0.620. The van der Waals surface area contributed by atoms with Gasteiger partial charge in [0, 0.05) is 35.0 Å². The maximum atomic E-state index is 13.8. The lowest BCUT2D eigenvalue weighted by atomic mass is 9.99. The predicted octanol–water partition coefficient (Wildman–Crippen LogP) is 4.07. The zero-order valence-corrected chi connectivity index (χ0v) is 22.5. The number of nitrogens with one attached hydrogen (secondary N) is 1. The van der Waals surface area contributed by atoms with Crippen LogP contribution >= 0.6 is 0 Å². The summed E-state index contributed by atoms with van der Waals surface area (Å²) in [6.07, 6.45) is 7.73. The first-order valence-electron chi connectivity index (χ1n) is 13.2. The highest BCUT2D eigenvalue weighted by atomic mass is 16.5. The molecule has 11 nitrogen and oxygen atoms in total. The summed E-state index contributed by atoms with van der Waals surface area (Å²) in [6.45, 7) is 6.27. The summed E-state index contributed by atoms with van der Waals surface area (Å²) in [4.78, 5) is 46.1. The molecule has 0 fully saturated rings. The van der Waals surface area contributed by atoms with Crippen LogP contribution in [0.4, 0.5) is 0 Å². The number of hydrogen-bond donors (Lipinski definition) is 1. The summed E-state index contributed by atoms with van der Waals surface area (Å²) in [5, 5.41) is 3.82. The Morgan fingerprint density at radius 1 is 0.975 bits per heavy atom. The first kappa shape index (κ1) is 26.7. The second kappa shape index (κ2) is 11.9. The zero-order valence-electron chi connectivity index (χ0n) is 22.5. The lowest BCUT2D eigenvalue weighted by molar-refractivity contribution is 0.337. The standard InChI is InChI=1S/C29H29N7O4/c1-4-6-11-25-24(27(37)36(18(3)33-25)28-31-16-21(17-32-28)39-5-2)14-20-13-12-19(15-30-20)22-9-7-8-10-23(22)26-34-29(38)40-35-26/h7-10,12-13,15-17H,4-6,11,14H2,1-3H3,(H,34,35,38). The Kier molecular flexibility index (Phi) is 7.90. The van der Waals surface area contributed by atoms with E-state index in [4.69, 9.17) is 9.72 Å². The number of ether oxygens (including phenoxy) is 1. The van der Waals surface area contributed by atoms with E-state index in [-0.39, 0.29) is 11.5 Å². The van der Waals surface area contributed by atoms with E-state index >= 15 is 0 Å². The fourth-order valence-electron chi connectivity index (χ4n) is 4.51. The fourth-order valence-corrected chi connectivity index (χ4v) is 4.51. The van der Waals surface area contributed by atoms with Crippen molar-refractivity contribution >= 4 is 0 Å². The minimum absolute atomic E-state index is 0.214. The molecule has 0 aliphatic rings. The number of benzene rings is 1. The molecule has 0 saturated heterocycles. The highest BCUT2D eigenvalue weighted by Crippen LogP contribution is 2.29. The lowest BCUT2D eigenvalue weighted by Crippen LogP contribution is -2.29. The average molecular weight is 540 g/mol. The number of unbranched alkanes of at least 4 members (excludes halogenated alkanes) is 1. The van der Waals surface area contributed by atoms with Gasteiger partial charge in [-0.25, -0.2) is 24.3 Å². The molecule has 0 saturated carbocycles. The number of rotatable bonds is 10. The highest BCUT2D eigenvalue weighted by molar-refractivity contribution is 5.79. The topological polar surface area (TPSA) is 142 Å². The van der Waals surface area contributed by atoms with Crippen molar-refractivity contribution in [2.24, 2.45) is 0 Å². The predicted molar refractivity (Wildman–Crippen MR) is 149 cm³/mol. The van der Waals surface area contributed by atoms with Gasteiger partial charge >= 0.3 is 5.76 Å². The molecule has 4 aromatic heterocycles. The van der Waals surface area contributed by atoms with Crippen LogP contribution in [0.25, 0.3) is 28.5 Å². The van der Waals surface area contributed by atoms with Gasteiger partial charge in [-0.15, -0.1) is 0 Å². The van der Waals surface area contributed by atoms with Crippen molar-refractivity contribution in [1.82, 2.24) is 34.6 Å². The van der Waals surface area contributed by atoms with Crippen molar-refractivity contribution in [1.29, 1.82) is 0 Å². The normalized spacial score (nSPS) is 11.1. The second-order valence-electron chi connectivity index (χ2n) is 9.18. The van der Waals surface area contributed by atoms with Gasteiger partial charge in [-0.2, -0.15) is 0 Å². The van der Waals surface area contributed by atoms with Gasteiger partial charge in [0.05, 0.1) is 24.7 Å². The molecule has 40 heavy (non-hydrogen) atoms.